The van der Waals surface area contributed by atoms with Gasteiger partial charge >= 0.3 is 0 Å². The van der Waals surface area contributed by atoms with Crippen LogP contribution in [0.2, 0.25) is 0 Å². The summed E-state index contributed by atoms with van der Waals surface area (Å²) in [6, 6.07) is 0. The van der Waals surface area contributed by atoms with Gasteiger partial charge < -0.3 is 4.98 Å². The maximum absolute atomic E-state index is 11.2. The number of nitrogens with zero attached hydrogens (tertiary/aromatic N) is 2. The van der Waals surface area contributed by atoms with Crippen molar-refractivity contribution in [1.29, 1.82) is 0 Å². The Hall–Kier alpha value is -0.920. The van der Waals surface area contributed by atoms with Crippen molar-refractivity contribution in [3.05, 3.63) is 17.2 Å². The topological polar surface area (TPSA) is 78.1 Å². The molecule has 6 nitrogen and oxygen atoms in total. The van der Waals surface area contributed by atoms with Crippen molar-refractivity contribution in [2.45, 2.75) is 39.7 Å². The molecule has 120 valence electrons. The van der Waals surface area contributed by atoms with Crippen LogP contribution in [-0.2, 0) is 23.0 Å². The van der Waals surface area contributed by atoms with Crippen molar-refractivity contribution in [3.8, 4) is 0 Å². The highest BCUT2D eigenvalue weighted by atomic mass is 32.2. The first kappa shape index (κ1) is 16.5. The minimum Gasteiger partial charge on any atom is -0.346 e. The lowest BCUT2D eigenvalue weighted by molar-refractivity contribution is 0.167. The number of hydrogen-bond donors (Lipinski definition) is 2. The zero-order chi connectivity index (χ0) is 15.5. The van der Waals surface area contributed by atoms with Gasteiger partial charge in [0.25, 0.3) is 0 Å². The van der Waals surface area contributed by atoms with Gasteiger partial charge in [0.15, 0.2) is 0 Å². The molecule has 1 aromatic heterocycles. The van der Waals surface area contributed by atoms with Gasteiger partial charge in [-0.3, -0.25) is 4.90 Å². The molecule has 0 radical (unpaired) electrons. The second-order valence-electron chi connectivity index (χ2n) is 5.97. The van der Waals surface area contributed by atoms with Crippen LogP contribution in [0.3, 0.4) is 0 Å². The van der Waals surface area contributed by atoms with Gasteiger partial charge in [0.2, 0.25) is 10.0 Å². The number of rotatable bonds is 6. The summed E-state index contributed by atoms with van der Waals surface area (Å²) in [6.45, 7) is 7.52. The van der Waals surface area contributed by atoms with Gasteiger partial charge in [-0.25, -0.2) is 18.1 Å². The number of aromatic amines is 1. The van der Waals surface area contributed by atoms with Crippen molar-refractivity contribution in [2.24, 2.45) is 5.92 Å². The van der Waals surface area contributed by atoms with Crippen LogP contribution in [0.25, 0.3) is 0 Å². The Bertz CT molecular complexity index is 568. The summed E-state index contributed by atoms with van der Waals surface area (Å²) >= 11 is 0. The van der Waals surface area contributed by atoms with E-state index in [4.69, 9.17) is 0 Å². The lowest BCUT2D eigenvalue weighted by atomic mass is 9.98. The molecule has 1 atom stereocenters. The van der Waals surface area contributed by atoms with Crippen LogP contribution < -0.4 is 4.72 Å². The smallest absolute Gasteiger partial charge is 0.208 e. The Morgan fingerprint density at radius 3 is 2.86 bits per heavy atom. The van der Waals surface area contributed by atoms with Gasteiger partial charge in [0.05, 0.1) is 11.9 Å². The average molecular weight is 314 g/mol. The van der Waals surface area contributed by atoms with Crippen molar-refractivity contribution >= 4 is 10.0 Å². The molecular formula is C14H26N4O2S. The summed E-state index contributed by atoms with van der Waals surface area (Å²) in [6.07, 6.45) is 4.33. The van der Waals surface area contributed by atoms with Crippen LogP contribution >= 0.6 is 0 Å². The van der Waals surface area contributed by atoms with Gasteiger partial charge in [-0.2, -0.15) is 0 Å². The molecule has 2 heterocycles. The van der Waals surface area contributed by atoms with E-state index in [1.807, 2.05) is 0 Å². The summed E-state index contributed by atoms with van der Waals surface area (Å²) in [4.78, 5) is 10.3. The first-order chi connectivity index (χ1) is 9.87. The predicted octanol–water partition coefficient (Wildman–Crippen LogP) is 1.04. The van der Waals surface area contributed by atoms with E-state index in [0.29, 0.717) is 12.5 Å². The van der Waals surface area contributed by atoms with Crippen LogP contribution in [0.1, 0.15) is 37.0 Å². The molecule has 0 amide bonds. The molecule has 21 heavy (non-hydrogen) atoms. The highest BCUT2D eigenvalue weighted by molar-refractivity contribution is 7.88. The fourth-order valence-electron chi connectivity index (χ4n) is 2.83. The van der Waals surface area contributed by atoms with Gasteiger partial charge in [-0.05, 0) is 32.2 Å². The molecule has 0 aliphatic carbocycles. The largest absolute Gasteiger partial charge is 0.346 e. The fourth-order valence-corrected chi connectivity index (χ4v) is 3.37. The predicted molar refractivity (Wildman–Crippen MR) is 83.6 cm³/mol. The minimum absolute atomic E-state index is 0.387. The number of aryl methyl sites for hydroxylation is 2. The van der Waals surface area contributed by atoms with Crippen LogP contribution in [0.5, 0.6) is 0 Å². The molecule has 0 saturated carbocycles. The van der Waals surface area contributed by atoms with Gasteiger partial charge in [-0.1, -0.05) is 6.92 Å². The summed E-state index contributed by atoms with van der Waals surface area (Å²) in [5.41, 5.74) is 2.26. The third-order valence-electron chi connectivity index (χ3n) is 3.98. The van der Waals surface area contributed by atoms with Crippen LogP contribution in [0.4, 0.5) is 0 Å². The second-order valence-corrected chi connectivity index (χ2v) is 7.81. The molecule has 1 aliphatic heterocycles. The maximum Gasteiger partial charge on any atom is 0.208 e. The average Bonchev–Trinajstić information content (AvgIpc) is 2.77. The normalized spacial score (nSPS) is 20.8. The number of imidazole rings is 1. The Morgan fingerprint density at radius 1 is 1.48 bits per heavy atom. The number of H-pyrrole nitrogens is 1. The van der Waals surface area contributed by atoms with Crippen LogP contribution in [0.15, 0.2) is 0 Å². The molecule has 0 spiro atoms. The first-order valence-corrected chi connectivity index (χ1v) is 9.48. The standard InChI is InChI=1S/C14H26N4O2S/c1-4-14-16-11(2)13(17-14)10-18-7-5-6-12(9-18)8-15-21(3,19)20/h12,15H,4-10H2,1-3H3,(H,16,17)/t12-/m0/s1. The van der Waals surface area contributed by atoms with Crippen molar-refractivity contribution < 1.29 is 8.42 Å². The monoisotopic (exact) mass is 314 g/mol. The van der Waals surface area contributed by atoms with E-state index >= 15 is 0 Å². The summed E-state index contributed by atoms with van der Waals surface area (Å²) in [5, 5.41) is 0. The molecule has 0 bridgehead atoms. The van der Waals surface area contributed by atoms with Crippen molar-refractivity contribution in [3.63, 3.8) is 0 Å². The quantitative estimate of drug-likeness (QED) is 0.822. The second kappa shape index (κ2) is 6.89. The zero-order valence-corrected chi connectivity index (χ0v) is 14.0. The fraction of sp³-hybridized carbons (Fsp3) is 0.786. The Morgan fingerprint density at radius 2 is 2.24 bits per heavy atom. The number of piperidine rings is 1. The Labute approximate surface area is 127 Å². The molecule has 1 fully saturated rings. The summed E-state index contributed by atoms with van der Waals surface area (Å²) in [5.74, 6) is 1.42. The molecule has 2 N–H and O–H groups in total. The number of aromatic nitrogens is 2. The van der Waals surface area contributed by atoms with Crippen molar-refractivity contribution in [2.75, 3.05) is 25.9 Å². The van der Waals surface area contributed by atoms with E-state index in [0.717, 1.165) is 56.1 Å². The van der Waals surface area contributed by atoms with E-state index in [-0.39, 0.29) is 0 Å². The molecule has 7 heteroatoms. The van der Waals surface area contributed by atoms with Gasteiger partial charge in [0.1, 0.15) is 5.82 Å². The van der Waals surface area contributed by atoms with Crippen molar-refractivity contribution in [1.82, 2.24) is 19.6 Å². The van der Waals surface area contributed by atoms with E-state index in [1.54, 1.807) is 0 Å². The number of hydrogen-bond acceptors (Lipinski definition) is 4. The van der Waals surface area contributed by atoms with E-state index in [9.17, 15) is 8.42 Å². The molecule has 2 rings (SSSR count). The Balaban J connectivity index is 1.90. The molecule has 1 aromatic rings. The minimum atomic E-state index is -3.09. The van der Waals surface area contributed by atoms with E-state index < -0.39 is 10.0 Å². The third kappa shape index (κ3) is 5.09. The third-order valence-corrected chi connectivity index (χ3v) is 4.67. The van der Waals surface area contributed by atoms with E-state index in [1.165, 1.54) is 6.26 Å². The summed E-state index contributed by atoms with van der Waals surface area (Å²) in [7, 11) is -3.09. The number of nitrogens with one attached hydrogen (secondary N) is 2. The highest BCUT2D eigenvalue weighted by Crippen LogP contribution is 2.19. The lowest BCUT2D eigenvalue weighted by Gasteiger charge is -2.32. The molecular weight excluding hydrogens is 288 g/mol. The first-order valence-electron chi connectivity index (χ1n) is 7.58. The number of sulfonamides is 1. The maximum atomic E-state index is 11.2. The number of likely N-dealkylation sites (tertiary alicyclic amines) is 1. The molecule has 1 saturated heterocycles. The SMILES string of the molecule is CCc1nc(CN2CCC[C@@H](CNS(C)(=O)=O)C2)c(C)[nH]1. The zero-order valence-electron chi connectivity index (χ0n) is 13.1. The molecule has 0 unspecified atom stereocenters. The van der Waals surface area contributed by atoms with Crippen LogP contribution in [-0.4, -0.2) is 49.2 Å². The molecule has 0 aromatic carbocycles. The van der Waals surface area contributed by atoms with Crippen LogP contribution in [0, 0.1) is 12.8 Å². The highest BCUT2D eigenvalue weighted by Gasteiger charge is 2.22. The Kier molecular flexibility index (Phi) is 5.40. The molecule has 1 aliphatic rings. The summed E-state index contributed by atoms with van der Waals surface area (Å²) < 4.78 is 25.0. The van der Waals surface area contributed by atoms with Gasteiger partial charge in [0, 0.05) is 31.7 Å². The van der Waals surface area contributed by atoms with E-state index in [2.05, 4.69) is 33.4 Å². The van der Waals surface area contributed by atoms with Gasteiger partial charge in [-0.15, -0.1) is 0 Å². The lowest BCUT2D eigenvalue weighted by Crippen LogP contribution is -2.40.